The van der Waals surface area contributed by atoms with E-state index >= 15 is 0 Å². The number of hydrogen-bond acceptors (Lipinski definition) is 5. The highest BCUT2D eigenvalue weighted by molar-refractivity contribution is 6.35. The van der Waals surface area contributed by atoms with Crippen molar-refractivity contribution in [2.75, 3.05) is 37.6 Å². The third kappa shape index (κ3) is 6.55. The number of carbonyl (C=O) groups excluding carboxylic acids is 2. The SMILES string of the molecule is O=C(NCc1ccc(Cl)cc1)C(=O)NCC(c1cccnc1)N1CCN(c2ccccc2F)CC1. The summed E-state index contributed by atoms with van der Waals surface area (Å²) >= 11 is 5.88. The fourth-order valence-corrected chi connectivity index (χ4v) is 4.27. The summed E-state index contributed by atoms with van der Waals surface area (Å²) in [6, 6.07) is 17.4. The number of para-hydroxylation sites is 1. The van der Waals surface area contributed by atoms with Crippen LogP contribution in [0.25, 0.3) is 0 Å². The minimum absolute atomic E-state index is 0.167. The van der Waals surface area contributed by atoms with Crippen LogP contribution in [0.2, 0.25) is 5.02 Å². The van der Waals surface area contributed by atoms with Crippen LogP contribution in [-0.2, 0) is 16.1 Å². The Bertz CT molecular complexity index is 1140. The van der Waals surface area contributed by atoms with Crippen LogP contribution >= 0.6 is 11.6 Å². The topological polar surface area (TPSA) is 77.6 Å². The largest absolute Gasteiger partial charge is 0.367 e. The molecule has 4 rings (SSSR count). The predicted octanol–water partition coefficient (Wildman–Crippen LogP) is 3.17. The van der Waals surface area contributed by atoms with E-state index in [9.17, 15) is 14.0 Å². The molecular formula is C26H27ClFN5O2. The van der Waals surface area contributed by atoms with E-state index in [1.165, 1.54) is 6.07 Å². The van der Waals surface area contributed by atoms with Crippen molar-refractivity contribution in [1.29, 1.82) is 0 Å². The van der Waals surface area contributed by atoms with Crippen molar-refractivity contribution in [3.8, 4) is 0 Å². The Morgan fingerprint density at radius 2 is 1.66 bits per heavy atom. The molecule has 1 saturated heterocycles. The van der Waals surface area contributed by atoms with E-state index < -0.39 is 11.8 Å². The predicted molar refractivity (Wildman–Crippen MR) is 133 cm³/mol. The van der Waals surface area contributed by atoms with Crippen LogP contribution < -0.4 is 15.5 Å². The third-order valence-electron chi connectivity index (χ3n) is 6.05. The smallest absolute Gasteiger partial charge is 0.309 e. The Kier molecular flexibility index (Phi) is 8.28. The zero-order valence-electron chi connectivity index (χ0n) is 19.2. The molecule has 182 valence electrons. The maximum Gasteiger partial charge on any atom is 0.309 e. The van der Waals surface area contributed by atoms with E-state index in [1.54, 1.807) is 48.8 Å². The number of carbonyl (C=O) groups is 2. The van der Waals surface area contributed by atoms with Crippen molar-refractivity contribution in [2.45, 2.75) is 12.6 Å². The monoisotopic (exact) mass is 495 g/mol. The highest BCUT2D eigenvalue weighted by atomic mass is 35.5. The zero-order valence-corrected chi connectivity index (χ0v) is 19.9. The van der Waals surface area contributed by atoms with Crippen LogP contribution in [0.4, 0.5) is 10.1 Å². The molecular weight excluding hydrogens is 469 g/mol. The summed E-state index contributed by atoms with van der Waals surface area (Å²) in [6.07, 6.45) is 3.46. The molecule has 3 aromatic rings. The van der Waals surface area contributed by atoms with Crippen molar-refractivity contribution < 1.29 is 14.0 Å². The Hall–Kier alpha value is -3.49. The first-order valence-corrected chi connectivity index (χ1v) is 11.8. The number of anilines is 1. The van der Waals surface area contributed by atoms with Crippen molar-refractivity contribution in [1.82, 2.24) is 20.5 Å². The summed E-state index contributed by atoms with van der Waals surface area (Å²) in [6.45, 7) is 3.12. The average molecular weight is 496 g/mol. The van der Waals surface area contributed by atoms with Gasteiger partial charge in [-0.1, -0.05) is 41.9 Å². The number of nitrogens with one attached hydrogen (secondary N) is 2. The maximum absolute atomic E-state index is 14.2. The lowest BCUT2D eigenvalue weighted by Gasteiger charge is -2.40. The van der Waals surface area contributed by atoms with Crippen LogP contribution in [0.15, 0.2) is 73.1 Å². The fourth-order valence-electron chi connectivity index (χ4n) is 4.15. The van der Waals surface area contributed by atoms with E-state index in [4.69, 9.17) is 11.6 Å². The van der Waals surface area contributed by atoms with Gasteiger partial charge in [-0.05, 0) is 41.5 Å². The summed E-state index contributed by atoms with van der Waals surface area (Å²) in [5, 5.41) is 5.99. The zero-order chi connectivity index (χ0) is 24.6. The number of amides is 2. The molecule has 0 saturated carbocycles. The highest BCUT2D eigenvalue weighted by Crippen LogP contribution is 2.25. The average Bonchev–Trinajstić information content (AvgIpc) is 2.89. The molecule has 0 bridgehead atoms. The molecule has 2 N–H and O–H groups in total. The molecule has 0 spiro atoms. The Labute approximate surface area is 208 Å². The van der Waals surface area contributed by atoms with E-state index in [2.05, 4.69) is 20.5 Å². The van der Waals surface area contributed by atoms with Crippen molar-refractivity contribution in [3.05, 3.63) is 95.0 Å². The number of benzene rings is 2. The second-order valence-electron chi connectivity index (χ2n) is 8.30. The van der Waals surface area contributed by atoms with Crippen LogP contribution in [0, 0.1) is 5.82 Å². The second kappa shape index (κ2) is 11.8. The number of pyridine rings is 1. The summed E-state index contributed by atoms with van der Waals surface area (Å²) in [5.74, 6) is -1.63. The van der Waals surface area contributed by atoms with Gasteiger partial charge in [0.25, 0.3) is 0 Å². The van der Waals surface area contributed by atoms with Gasteiger partial charge in [0.05, 0.1) is 11.7 Å². The van der Waals surface area contributed by atoms with Crippen LogP contribution in [-0.4, -0.2) is 54.4 Å². The maximum atomic E-state index is 14.2. The van der Waals surface area contributed by atoms with Crippen LogP contribution in [0.5, 0.6) is 0 Å². The number of rotatable bonds is 7. The second-order valence-corrected chi connectivity index (χ2v) is 8.73. The van der Waals surface area contributed by atoms with Gasteiger partial charge in [0.2, 0.25) is 0 Å². The van der Waals surface area contributed by atoms with Gasteiger partial charge in [0.15, 0.2) is 0 Å². The van der Waals surface area contributed by atoms with E-state index in [1.807, 2.05) is 23.1 Å². The molecule has 7 nitrogen and oxygen atoms in total. The van der Waals surface area contributed by atoms with Gasteiger partial charge in [-0.3, -0.25) is 19.5 Å². The normalized spacial score (nSPS) is 14.9. The summed E-state index contributed by atoms with van der Waals surface area (Å²) in [4.78, 5) is 33.3. The van der Waals surface area contributed by atoms with E-state index in [0.29, 0.717) is 36.9 Å². The summed E-state index contributed by atoms with van der Waals surface area (Å²) in [7, 11) is 0. The van der Waals surface area contributed by atoms with Crippen molar-refractivity contribution >= 4 is 29.1 Å². The van der Waals surface area contributed by atoms with Gasteiger partial charge in [0, 0.05) is 56.7 Å². The lowest BCUT2D eigenvalue weighted by molar-refractivity contribution is -0.139. The Morgan fingerprint density at radius 1 is 0.943 bits per heavy atom. The molecule has 1 atom stereocenters. The Balaban J connectivity index is 1.35. The first kappa shape index (κ1) is 24.6. The molecule has 35 heavy (non-hydrogen) atoms. The lowest BCUT2D eigenvalue weighted by atomic mass is 10.1. The number of hydrogen-bond donors (Lipinski definition) is 2. The molecule has 9 heteroatoms. The summed E-state index contributed by atoms with van der Waals surface area (Å²) < 4.78 is 14.2. The summed E-state index contributed by atoms with van der Waals surface area (Å²) in [5.41, 5.74) is 2.38. The molecule has 0 aliphatic carbocycles. The minimum Gasteiger partial charge on any atom is -0.367 e. The van der Waals surface area contributed by atoms with Crippen molar-refractivity contribution in [2.24, 2.45) is 0 Å². The molecule has 1 aliphatic heterocycles. The van der Waals surface area contributed by atoms with Crippen LogP contribution in [0.3, 0.4) is 0 Å². The van der Waals surface area contributed by atoms with Gasteiger partial charge in [0.1, 0.15) is 5.82 Å². The van der Waals surface area contributed by atoms with Crippen molar-refractivity contribution in [3.63, 3.8) is 0 Å². The van der Waals surface area contributed by atoms with Gasteiger partial charge in [-0.2, -0.15) is 0 Å². The van der Waals surface area contributed by atoms with Gasteiger partial charge < -0.3 is 15.5 Å². The first-order valence-electron chi connectivity index (χ1n) is 11.4. The highest BCUT2D eigenvalue weighted by Gasteiger charge is 2.27. The van der Waals surface area contributed by atoms with Gasteiger partial charge in [-0.25, -0.2) is 4.39 Å². The molecule has 1 fully saturated rings. The first-order chi connectivity index (χ1) is 17.0. The molecule has 1 unspecified atom stereocenters. The van der Waals surface area contributed by atoms with Gasteiger partial charge >= 0.3 is 11.8 Å². The minimum atomic E-state index is -0.700. The molecule has 1 aliphatic rings. The third-order valence-corrected chi connectivity index (χ3v) is 6.30. The molecule has 2 amide bonds. The van der Waals surface area contributed by atoms with E-state index in [-0.39, 0.29) is 24.9 Å². The molecule has 1 aromatic heterocycles. The number of piperazine rings is 1. The Morgan fingerprint density at radius 3 is 2.34 bits per heavy atom. The quantitative estimate of drug-likeness (QED) is 0.492. The van der Waals surface area contributed by atoms with Crippen LogP contribution in [0.1, 0.15) is 17.2 Å². The molecule has 2 heterocycles. The molecule has 2 aromatic carbocycles. The molecule has 0 radical (unpaired) electrons. The van der Waals surface area contributed by atoms with E-state index in [0.717, 1.165) is 11.1 Å². The number of aromatic nitrogens is 1. The standard InChI is InChI=1S/C26H27ClFN5O2/c27-21-9-7-19(8-10-21)16-30-25(34)26(35)31-18-24(20-4-3-11-29-17-20)33-14-12-32(13-15-33)23-6-2-1-5-22(23)28/h1-11,17,24H,12-16,18H2,(H,30,34)(H,31,35). The van der Waals surface area contributed by atoms with Gasteiger partial charge in [-0.15, -0.1) is 0 Å². The lowest BCUT2D eigenvalue weighted by Crippen LogP contribution is -2.51. The number of nitrogens with zero attached hydrogens (tertiary/aromatic N) is 3. The number of halogens is 2. The fraction of sp³-hybridized carbons (Fsp3) is 0.269.